The van der Waals surface area contributed by atoms with E-state index in [-0.39, 0.29) is 0 Å². The molecule has 0 unspecified atom stereocenters. The fourth-order valence-electron chi connectivity index (χ4n) is 2.53. The number of rotatable bonds is 4. The summed E-state index contributed by atoms with van der Waals surface area (Å²) in [5, 5.41) is 3.52. The molecule has 1 heterocycles. The Hall–Kier alpha value is -1.02. The van der Waals surface area contributed by atoms with Crippen LogP contribution in [0.3, 0.4) is 0 Å². The third-order valence-electron chi connectivity index (χ3n) is 3.82. The number of piperidine rings is 1. The van der Waals surface area contributed by atoms with E-state index in [1.165, 1.54) is 37.2 Å². The molecular weight excluding hydrogens is 220 g/mol. The van der Waals surface area contributed by atoms with Crippen molar-refractivity contribution < 1.29 is 0 Å². The van der Waals surface area contributed by atoms with Crippen molar-refractivity contribution >= 4 is 5.69 Å². The average Bonchev–Trinajstić information content (AvgIpc) is 2.38. The van der Waals surface area contributed by atoms with Crippen molar-refractivity contribution in [2.75, 3.05) is 18.0 Å². The van der Waals surface area contributed by atoms with E-state index in [1.807, 2.05) is 0 Å². The van der Waals surface area contributed by atoms with Crippen LogP contribution in [-0.4, -0.2) is 19.1 Å². The van der Waals surface area contributed by atoms with E-state index < -0.39 is 0 Å². The maximum Gasteiger partial charge on any atom is 0.0411 e. The number of anilines is 1. The Balaban J connectivity index is 2.07. The van der Waals surface area contributed by atoms with E-state index in [4.69, 9.17) is 0 Å². The van der Waals surface area contributed by atoms with E-state index in [0.29, 0.717) is 6.04 Å². The molecule has 18 heavy (non-hydrogen) atoms. The molecule has 0 atom stereocenters. The Kier molecular flexibility index (Phi) is 4.65. The summed E-state index contributed by atoms with van der Waals surface area (Å²) in [6, 6.07) is 9.37. The van der Waals surface area contributed by atoms with Crippen LogP contribution in [0.5, 0.6) is 0 Å². The topological polar surface area (TPSA) is 15.3 Å². The minimum absolute atomic E-state index is 0.541. The molecule has 1 aromatic carbocycles. The first-order valence-corrected chi connectivity index (χ1v) is 7.23. The predicted molar refractivity (Wildman–Crippen MR) is 79.0 cm³/mol. The van der Waals surface area contributed by atoms with Gasteiger partial charge >= 0.3 is 0 Å². The van der Waals surface area contributed by atoms with Crippen molar-refractivity contribution in [1.29, 1.82) is 0 Å². The van der Waals surface area contributed by atoms with Gasteiger partial charge in [-0.05, 0) is 30.4 Å². The van der Waals surface area contributed by atoms with Crippen LogP contribution in [0.4, 0.5) is 5.69 Å². The van der Waals surface area contributed by atoms with Gasteiger partial charge in [0, 0.05) is 31.4 Å². The third-order valence-corrected chi connectivity index (χ3v) is 3.82. The summed E-state index contributed by atoms with van der Waals surface area (Å²) in [5.41, 5.74) is 2.86. The average molecular weight is 246 g/mol. The number of nitrogens with zero attached hydrogens (tertiary/aromatic N) is 1. The van der Waals surface area contributed by atoms with Crippen LogP contribution in [0.2, 0.25) is 0 Å². The van der Waals surface area contributed by atoms with Gasteiger partial charge in [-0.1, -0.05) is 39.0 Å². The molecule has 2 heteroatoms. The molecule has 1 aromatic rings. The maximum absolute atomic E-state index is 3.52. The van der Waals surface area contributed by atoms with Gasteiger partial charge in [0.1, 0.15) is 0 Å². The molecule has 0 aliphatic carbocycles. The van der Waals surface area contributed by atoms with Gasteiger partial charge in [0.05, 0.1) is 0 Å². The van der Waals surface area contributed by atoms with Crippen LogP contribution in [-0.2, 0) is 6.54 Å². The van der Waals surface area contributed by atoms with Gasteiger partial charge in [0.15, 0.2) is 0 Å². The Morgan fingerprint density at radius 2 is 1.89 bits per heavy atom. The minimum atomic E-state index is 0.541. The monoisotopic (exact) mass is 246 g/mol. The van der Waals surface area contributed by atoms with Crippen molar-refractivity contribution in [3.05, 3.63) is 29.8 Å². The van der Waals surface area contributed by atoms with Crippen LogP contribution in [0.1, 0.15) is 39.2 Å². The number of benzene rings is 1. The Morgan fingerprint density at radius 3 is 2.56 bits per heavy atom. The molecule has 1 fully saturated rings. The fraction of sp³-hybridized carbons (Fsp3) is 0.625. The van der Waals surface area contributed by atoms with E-state index in [0.717, 1.165) is 12.5 Å². The highest BCUT2D eigenvalue weighted by molar-refractivity contribution is 5.53. The SMILES string of the molecule is CC1CCN(c2ccccc2CNC(C)C)CC1. The van der Waals surface area contributed by atoms with Crippen molar-refractivity contribution in [2.45, 2.75) is 46.2 Å². The molecule has 0 spiro atoms. The van der Waals surface area contributed by atoms with Crippen LogP contribution in [0, 0.1) is 5.92 Å². The largest absolute Gasteiger partial charge is 0.371 e. The lowest BCUT2D eigenvalue weighted by atomic mass is 9.98. The second kappa shape index (κ2) is 6.24. The molecule has 0 bridgehead atoms. The lowest BCUT2D eigenvalue weighted by molar-refractivity contribution is 0.437. The van der Waals surface area contributed by atoms with Crippen LogP contribution in [0.25, 0.3) is 0 Å². The molecule has 2 nitrogen and oxygen atoms in total. The zero-order chi connectivity index (χ0) is 13.0. The second-order valence-electron chi connectivity index (χ2n) is 5.83. The van der Waals surface area contributed by atoms with E-state index in [2.05, 4.69) is 55.3 Å². The fourth-order valence-corrected chi connectivity index (χ4v) is 2.53. The zero-order valence-electron chi connectivity index (χ0n) is 11.9. The van der Waals surface area contributed by atoms with Crippen LogP contribution >= 0.6 is 0 Å². The van der Waals surface area contributed by atoms with Crippen molar-refractivity contribution in [3.8, 4) is 0 Å². The molecule has 0 saturated carbocycles. The Labute approximate surface area is 111 Å². The van der Waals surface area contributed by atoms with E-state index in [1.54, 1.807) is 0 Å². The zero-order valence-corrected chi connectivity index (χ0v) is 11.9. The van der Waals surface area contributed by atoms with Gasteiger partial charge in [-0.3, -0.25) is 0 Å². The molecule has 0 radical (unpaired) electrons. The highest BCUT2D eigenvalue weighted by Gasteiger charge is 2.17. The molecule has 1 saturated heterocycles. The number of para-hydroxylation sites is 1. The van der Waals surface area contributed by atoms with Gasteiger partial charge < -0.3 is 10.2 Å². The molecule has 1 aliphatic rings. The Bertz CT molecular complexity index is 365. The van der Waals surface area contributed by atoms with Crippen molar-refractivity contribution in [3.63, 3.8) is 0 Å². The molecule has 1 N–H and O–H groups in total. The van der Waals surface area contributed by atoms with Crippen LogP contribution in [0.15, 0.2) is 24.3 Å². The minimum Gasteiger partial charge on any atom is -0.371 e. The summed E-state index contributed by atoms with van der Waals surface area (Å²) >= 11 is 0. The molecule has 100 valence electrons. The number of hydrogen-bond acceptors (Lipinski definition) is 2. The second-order valence-corrected chi connectivity index (χ2v) is 5.83. The lowest BCUT2D eigenvalue weighted by Gasteiger charge is -2.33. The number of hydrogen-bond donors (Lipinski definition) is 1. The first-order valence-electron chi connectivity index (χ1n) is 7.23. The Morgan fingerprint density at radius 1 is 1.22 bits per heavy atom. The first kappa shape index (κ1) is 13.4. The van der Waals surface area contributed by atoms with E-state index in [9.17, 15) is 0 Å². The molecule has 2 rings (SSSR count). The van der Waals surface area contributed by atoms with Crippen molar-refractivity contribution in [1.82, 2.24) is 5.32 Å². The standard InChI is InChI=1S/C16H26N2/c1-13(2)17-12-15-6-4-5-7-16(15)18-10-8-14(3)9-11-18/h4-7,13-14,17H,8-12H2,1-3H3. The van der Waals surface area contributed by atoms with Gasteiger partial charge in [-0.2, -0.15) is 0 Å². The summed E-state index contributed by atoms with van der Waals surface area (Å²) < 4.78 is 0. The highest BCUT2D eigenvalue weighted by atomic mass is 15.1. The quantitative estimate of drug-likeness (QED) is 0.875. The molecule has 0 amide bonds. The third kappa shape index (κ3) is 3.49. The highest BCUT2D eigenvalue weighted by Crippen LogP contribution is 2.26. The normalized spacial score (nSPS) is 17.4. The molecule has 1 aliphatic heterocycles. The summed E-state index contributed by atoms with van der Waals surface area (Å²) in [6.45, 7) is 10.2. The van der Waals surface area contributed by atoms with Gasteiger partial charge in [0.25, 0.3) is 0 Å². The summed E-state index contributed by atoms with van der Waals surface area (Å²) in [6.07, 6.45) is 2.65. The van der Waals surface area contributed by atoms with E-state index >= 15 is 0 Å². The van der Waals surface area contributed by atoms with Gasteiger partial charge in [-0.25, -0.2) is 0 Å². The van der Waals surface area contributed by atoms with Crippen molar-refractivity contribution in [2.24, 2.45) is 5.92 Å². The molecular formula is C16H26N2. The van der Waals surface area contributed by atoms with Crippen LogP contribution < -0.4 is 10.2 Å². The molecule has 0 aromatic heterocycles. The number of nitrogens with one attached hydrogen (secondary N) is 1. The summed E-state index contributed by atoms with van der Waals surface area (Å²) in [5.74, 6) is 0.891. The smallest absolute Gasteiger partial charge is 0.0411 e. The first-order chi connectivity index (χ1) is 8.66. The van der Waals surface area contributed by atoms with Gasteiger partial charge in [0.2, 0.25) is 0 Å². The predicted octanol–water partition coefficient (Wildman–Crippen LogP) is 3.42. The van der Waals surface area contributed by atoms with Gasteiger partial charge in [-0.15, -0.1) is 0 Å². The maximum atomic E-state index is 3.52. The summed E-state index contributed by atoms with van der Waals surface area (Å²) in [7, 11) is 0. The summed E-state index contributed by atoms with van der Waals surface area (Å²) in [4.78, 5) is 2.55. The lowest BCUT2D eigenvalue weighted by Crippen LogP contribution is -2.34.